The summed E-state index contributed by atoms with van der Waals surface area (Å²) >= 11 is 6.49. The molecule has 6 nitrogen and oxygen atoms in total. The van der Waals surface area contributed by atoms with Gasteiger partial charge in [0, 0.05) is 24.5 Å². The minimum Gasteiger partial charge on any atom is -0.496 e. The van der Waals surface area contributed by atoms with Crippen LogP contribution in [-0.2, 0) is 9.53 Å². The molecule has 0 radical (unpaired) electrons. The average molecular weight is 443 g/mol. The maximum atomic E-state index is 13.8. The van der Waals surface area contributed by atoms with E-state index in [2.05, 4.69) is 0 Å². The molecular formula is C24H23ClO6. The lowest BCUT2D eigenvalue weighted by Crippen LogP contribution is -2.52. The molecule has 0 aromatic heterocycles. The summed E-state index contributed by atoms with van der Waals surface area (Å²) in [7, 11) is 2.93. The first-order valence-corrected chi connectivity index (χ1v) is 10.4. The highest BCUT2D eigenvalue weighted by Gasteiger charge is 2.60. The van der Waals surface area contributed by atoms with Crippen molar-refractivity contribution in [2.24, 2.45) is 5.92 Å². The summed E-state index contributed by atoms with van der Waals surface area (Å²) in [6.07, 6.45) is 1.10. The van der Waals surface area contributed by atoms with Gasteiger partial charge in [0.15, 0.2) is 17.3 Å². The van der Waals surface area contributed by atoms with Gasteiger partial charge in [-0.2, -0.15) is 0 Å². The highest BCUT2D eigenvalue weighted by molar-refractivity contribution is 6.35. The van der Waals surface area contributed by atoms with Gasteiger partial charge in [0.05, 0.1) is 14.2 Å². The maximum Gasteiger partial charge on any atom is 0.231 e. The number of Topliss-reactive ketones (excluding diaryl/α,β-unsaturated/α-hetero) is 1. The molecule has 3 atom stereocenters. The Morgan fingerprint density at radius 2 is 1.81 bits per heavy atom. The molecule has 162 valence electrons. The van der Waals surface area contributed by atoms with Crippen LogP contribution in [0.15, 0.2) is 48.2 Å². The van der Waals surface area contributed by atoms with E-state index in [1.807, 2.05) is 37.3 Å². The maximum absolute atomic E-state index is 13.8. The summed E-state index contributed by atoms with van der Waals surface area (Å²) in [6, 6.07) is 11.1. The van der Waals surface area contributed by atoms with Crippen LogP contribution >= 0.6 is 11.6 Å². The van der Waals surface area contributed by atoms with Crippen molar-refractivity contribution in [2.45, 2.75) is 32.0 Å². The average Bonchev–Trinajstić information content (AvgIpc) is 3.08. The van der Waals surface area contributed by atoms with Crippen molar-refractivity contribution in [3.63, 3.8) is 0 Å². The summed E-state index contributed by atoms with van der Waals surface area (Å²) in [6.45, 7) is 3.65. The molecule has 0 unspecified atom stereocenters. The van der Waals surface area contributed by atoms with Crippen molar-refractivity contribution < 1.29 is 28.5 Å². The first kappa shape index (κ1) is 21.2. The second kappa shape index (κ2) is 7.93. The number of carbonyl (C=O) groups excluding carboxylic acids is 2. The van der Waals surface area contributed by atoms with Crippen LogP contribution in [0.5, 0.6) is 17.2 Å². The van der Waals surface area contributed by atoms with Crippen LogP contribution in [0.3, 0.4) is 0 Å². The molecular weight excluding hydrogens is 420 g/mol. The van der Waals surface area contributed by atoms with Crippen molar-refractivity contribution in [2.75, 3.05) is 14.2 Å². The van der Waals surface area contributed by atoms with Crippen LogP contribution in [0.25, 0.3) is 0 Å². The Morgan fingerprint density at radius 1 is 1.13 bits per heavy atom. The number of carbonyl (C=O) groups is 2. The van der Waals surface area contributed by atoms with Crippen molar-refractivity contribution in [3.8, 4) is 17.2 Å². The number of benzene rings is 2. The Kier molecular flexibility index (Phi) is 5.43. The summed E-state index contributed by atoms with van der Waals surface area (Å²) in [5.74, 6) is 0.00157. The number of rotatable bonds is 5. The first-order chi connectivity index (χ1) is 14.8. The van der Waals surface area contributed by atoms with E-state index < -0.39 is 17.6 Å². The Hall–Kier alpha value is -2.99. The Labute approximate surface area is 185 Å². The van der Waals surface area contributed by atoms with Gasteiger partial charge in [-0.1, -0.05) is 48.9 Å². The molecule has 0 saturated heterocycles. The molecule has 0 fully saturated rings. The molecule has 2 aromatic carbocycles. The van der Waals surface area contributed by atoms with Crippen LogP contribution in [0.4, 0.5) is 0 Å². The van der Waals surface area contributed by atoms with Gasteiger partial charge in [-0.15, -0.1) is 0 Å². The van der Waals surface area contributed by atoms with Crippen molar-refractivity contribution >= 4 is 23.2 Å². The number of ketones is 2. The van der Waals surface area contributed by atoms with Crippen LogP contribution in [-0.4, -0.2) is 31.4 Å². The fourth-order valence-corrected chi connectivity index (χ4v) is 4.46. The van der Waals surface area contributed by atoms with Gasteiger partial charge in [0.25, 0.3) is 0 Å². The predicted molar refractivity (Wildman–Crippen MR) is 115 cm³/mol. The number of fused-ring (bicyclic) bond motifs is 1. The molecule has 0 N–H and O–H groups in total. The van der Waals surface area contributed by atoms with Gasteiger partial charge in [-0.3, -0.25) is 9.59 Å². The van der Waals surface area contributed by atoms with E-state index in [4.69, 9.17) is 30.5 Å². The van der Waals surface area contributed by atoms with E-state index in [1.54, 1.807) is 13.0 Å². The molecule has 4 rings (SSSR count). The zero-order valence-corrected chi connectivity index (χ0v) is 18.5. The predicted octanol–water partition coefficient (Wildman–Crippen LogP) is 4.94. The van der Waals surface area contributed by atoms with Gasteiger partial charge >= 0.3 is 0 Å². The third-order valence-corrected chi connectivity index (χ3v) is 6.21. The zero-order chi connectivity index (χ0) is 22.3. The Bertz CT molecular complexity index is 1080. The Morgan fingerprint density at radius 3 is 2.45 bits per heavy atom. The molecule has 0 saturated carbocycles. The summed E-state index contributed by atoms with van der Waals surface area (Å²) < 4.78 is 23.2. The van der Waals surface area contributed by atoms with Crippen molar-refractivity contribution in [3.05, 3.63) is 64.4 Å². The molecule has 2 aromatic rings. The lowest BCUT2D eigenvalue weighted by Gasteiger charge is -2.38. The molecule has 0 amide bonds. The van der Waals surface area contributed by atoms with Crippen LogP contribution in [0.2, 0.25) is 5.02 Å². The van der Waals surface area contributed by atoms with Gasteiger partial charge < -0.3 is 18.9 Å². The normalized spacial score (nSPS) is 23.1. The number of allylic oxidation sites excluding steroid dienone is 1. The standard InChI is InChI=1S/C24H23ClO6/c1-13-10-16(26)11-19(30-14(2)15-8-6-5-7-9-15)24(13)23(27)20-17(28-3)12-18(29-4)21(25)22(20)31-24/h5-9,11-14H,10H2,1-4H3/t13-,14+,24+/m1/s1. The molecule has 2 aliphatic rings. The topological polar surface area (TPSA) is 71.1 Å². The second-order valence-corrected chi connectivity index (χ2v) is 8.09. The minimum atomic E-state index is -1.51. The van der Waals surface area contributed by atoms with Gasteiger partial charge in [0.1, 0.15) is 28.2 Å². The van der Waals surface area contributed by atoms with Crippen molar-refractivity contribution in [1.82, 2.24) is 0 Å². The van der Waals surface area contributed by atoms with Crippen molar-refractivity contribution in [1.29, 1.82) is 0 Å². The minimum absolute atomic E-state index is 0.128. The molecule has 7 heteroatoms. The SMILES string of the molecule is COc1cc(OC)c2c(c1Cl)O[C@]1(C2=O)C(O[C@@H](C)c2ccccc2)=CC(=O)C[C@H]1C. The number of hydrogen-bond acceptors (Lipinski definition) is 6. The molecule has 1 heterocycles. The number of methoxy groups -OCH3 is 2. The second-order valence-electron chi connectivity index (χ2n) is 7.72. The van der Waals surface area contributed by atoms with Crippen LogP contribution in [0.1, 0.15) is 42.3 Å². The van der Waals surface area contributed by atoms with Gasteiger partial charge in [-0.25, -0.2) is 0 Å². The van der Waals surface area contributed by atoms with Gasteiger partial charge in [-0.05, 0) is 12.5 Å². The lowest BCUT2D eigenvalue weighted by atomic mass is 9.75. The smallest absolute Gasteiger partial charge is 0.231 e. The third kappa shape index (κ3) is 3.26. The van der Waals surface area contributed by atoms with E-state index in [-0.39, 0.29) is 45.8 Å². The summed E-state index contributed by atoms with van der Waals surface area (Å²) in [5, 5.41) is 0.170. The highest BCUT2D eigenvalue weighted by Crippen LogP contribution is 2.55. The number of hydrogen-bond donors (Lipinski definition) is 0. The number of ether oxygens (including phenoxy) is 4. The van der Waals surface area contributed by atoms with E-state index in [1.165, 1.54) is 20.3 Å². The van der Waals surface area contributed by atoms with Crippen LogP contribution in [0, 0.1) is 5.92 Å². The highest BCUT2D eigenvalue weighted by atomic mass is 35.5. The largest absolute Gasteiger partial charge is 0.496 e. The Balaban J connectivity index is 1.83. The quantitative estimate of drug-likeness (QED) is 0.653. The lowest BCUT2D eigenvalue weighted by molar-refractivity contribution is -0.119. The summed E-state index contributed by atoms with van der Waals surface area (Å²) in [4.78, 5) is 26.2. The molecule has 1 aliphatic carbocycles. The monoisotopic (exact) mass is 442 g/mol. The fourth-order valence-electron chi connectivity index (χ4n) is 4.19. The fraction of sp³-hybridized carbons (Fsp3) is 0.333. The molecule has 0 bridgehead atoms. The van der Waals surface area contributed by atoms with E-state index in [9.17, 15) is 9.59 Å². The number of halogens is 1. The summed E-state index contributed by atoms with van der Waals surface area (Å²) in [5.41, 5.74) is -0.386. The van der Waals surface area contributed by atoms with Crippen LogP contribution < -0.4 is 14.2 Å². The van der Waals surface area contributed by atoms with E-state index >= 15 is 0 Å². The molecule has 31 heavy (non-hydrogen) atoms. The third-order valence-electron chi connectivity index (χ3n) is 5.85. The van der Waals surface area contributed by atoms with E-state index in [0.29, 0.717) is 5.75 Å². The van der Waals surface area contributed by atoms with E-state index in [0.717, 1.165) is 5.56 Å². The molecule has 1 spiro atoms. The molecule has 1 aliphatic heterocycles. The first-order valence-electron chi connectivity index (χ1n) is 9.98. The van der Waals surface area contributed by atoms with Gasteiger partial charge in [0.2, 0.25) is 11.4 Å². The zero-order valence-electron chi connectivity index (χ0n) is 17.7.